The summed E-state index contributed by atoms with van der Waals surface area (Å²) in [7, 11) is 0. The average Bonchev–Trinajstić information content (AvgIpc) is 1.64. The van der Waals surface area contributed by atoms with E-state index in [9.17, 15) is 5.21 Å². The summed E-state index contributed by atoms with van der Waals surface area (Å²) < 4.78 is 0. The molecular formula is C5H11NO2. The van der Waals surface area contributed by atoms with E-state index < -0.39 is 5.23 Å². The predicted octanol–water partition coefficient (Wildman–Crippen LogP) is 0.0721. The summed E-state index contributed by atoms with van der Waals surface area (Å²) >= 11 is 0. The van der Waals surface area contributed by atoms with Crippen LogP contribution in [0.4, 0.5) is 0 Å². The third-order valence-corrected chi connectivity index (χ3v) is 1.07. The Morgan fingerprint density at radius 1 is 1.38 bits per heavy atom. The molecule has 0 aliphatic rings. The van der Waals surface area contributed by atoms with Crippen molar-refractivity contribution in [1.82, 2.24) is 0 Å². The van der Waals surface area contributed by atoms with E-state index in [2.05, 4.69) is 0 Å². The fourth-order valence-corrected chi connectivity index (χ4v) is 0.214. The molecule has 1 atom stereocenters. The van der Waals surface area contributed by atoms with Crippen LogP contribution in [0, 0.1) is 5.21 Å². The molecule has 48 valence electrons. The minimum atomic E-state index is -0.829. The molecule has 3 nitrogen and oxygen atoms in total. The third-order valence-electron chi connectivity index (χ3n) is 1.07. The fraction of sp³-hybridized carbons (Fsp3) is 0.600. The Kier molecular flexibility index (Phi) is 2.68. The Labute approximate surface area is 48.8 Å². The standard InChI is InChI=1S/C5H11NO2/c1-4(2)5(3)6(7)8/h6-7H,1-3H3. The Bertz CT molecular complexity index is 103. The second-order valence-corrected chi connectivity index (χ2v) is 1.93. The number of hydrogen-bond donors (Lipinski definition) is 2. The molecule has 0 aromatic heterocycles. The lowest BCUT2D eigenvalue weighted by Gasteiger charge is -2.12. The molecule has 0 aromatic carbocycles. The van der Waals surface area contributed by atoms with Gasteiger partial charge in [0.1, 0.15) is 5.70 Å². The molecule has 0 rings (SSSR count). The van der Waals surface area contributed by atoms with Crippen molar-refractivity contribution in [3.63, 3.8) is 0 Å². The second kappa shape index (κ2) is 2.81. The molecule has 0 heterocycles. The zero-order chi connectivity index (χ0) is 6.73. The molecule has 0 aromatic rings. The Balaban J connectivity index is 4.00. The van der Waals surface area contributed by atoms with Gasteiger partial charge in [-0.1, -0.05) is 0 Å². The number of nitrogens with one attached hydrogen (secondary N) is 1. The lowest BCUT2D eigenvalue weighted by atomic mass is 10.3. The first kappa shape index (κ1) is 7.62. The van der Waals surface area contributed by atoms with E-state index >= 15 is 0 Å². The predicted molar refractivity (Wildman–Crippen MR) is 30.2 cm³/mol. The number of allylic oxidation sites excluding steroid dienone is 2. The van der Waals surface area contributed by atoms with E-state index in [0.717, 1.165) is 5.57 Å². The SMILES string of the molecule is CC(C)=C(C)[NH+]([O-])O. The van der Waals surface area contributed by atoms with Crippen molar-refractivity contribution in [2.24, 2.45) is 0 Å². The third kappa shape index (κ3) is 2.07. The lowest BCUT2D eigenvalue weighted by molar-refractivity contribution is -1.01. The molecular weight excluding hydrogens is 106 g/mol. The zero-order valence-electron chi connectivity index (χ0n) is 5.36. The number of hydroxylamine groups is 2. The minimum absolute atomic E-state index is 0.435. The highest BCUT2D eigenvalue weighted by Crippen LogP contribution is 1.90. The van der Waals surface area contributed by atoms with Crippen LogP contribution in [0.1, 0.15) is 20.8 Å². The Hall–Kier alpha value is -0.380. The lowest BCUT2D eigenvalue weighted by Crippen LogP contribution is -3.02. The van der Waals surface area contributed by atoms with Gasteiger partial charge in [-0.25, -0.2) is 5.21 Å². The maximum Gasteiger partial charge on any atom is 0.135 e. The van der Waals surface area contributed by atoms with Crippen molar-refractivity contribution in [3.8, 4) is 0 Å². The van der Waals surface area contributed by atoms with Gasteiger partial charge >= 0.3 is 0 Å². The van der Waals surface area contributed by atoms with Crippen LogP contribution in [0.3, 0.4) is 0 Å². The first-order valence-electron chi connectivity index (χ1n) is 2.43. The summed E-state index contributed by atoms with van der Waals surface area (Å²) in [6.45, 7) is 5.16. The van der Waals surface area contributed by atoms with Crippen LogP contribution in [0.2, 0.25) is 0 Å². The first-order valence-corrected chi connectivity index (χ1v) is 2.43. The molecule has 0 aliphatic carbocycles. The van der Waals surface area contributed by atoms with E-state index in [1.807, 2.05) is 0 Å². The average molecular weight is 117 g/mol. The summed E-state index contributed by atoms with van der Waals surface area (Å²) in [6.07, 6.45) is 0. The van der Waals surface area contributed by atoms with Gasteiger partial charge in [-0.2, -0.15) is 5.23 Å². The van der Waals surface area contributed by atoms with Crippen LogP contribution in [0.25, 0.3) is 0 Å². The summed E-state index contributed by atoms with van der Waals surface area (Å²) in [5.41, 5.74) is 1.29. The van der Waals surface area contributed by atoms with Gasteiger partial charge in [-0.05, 0) is 19.4 Å². The highest BCUT2D eigenvalue weighted by Gasteiger charge is 1.95. The molecule has 0 radical (unpaired) electrons. The van der Waals surface area contributed by atoms with Crippen molar-refractivity contribution in [1.29, 1.82) is 0 Å². The minimum Gasteiger partial charge on any atom is -0.595 e. The van der Waals surface area contributed by atoms with Crippen molar-refractivity contribution in [2.75, 3.05) is 0 Å². The van der Waals surface area contributed by atoms with Gasteiger partial charge in [-0.15, -0.1) is 0 Å². The number of quaternary nitrogens is 1. The molecule has 0 bridgehead atoms. The molecule has 0 fully saturated rings. The number of hydrogen-bond acceptors (Lipinski definition) is 2. The largest absolute Gasteiger partial charge is 0.595 e. The van der Waals surface area contributed by atoms with Gasteiger partial charge in [0.2, 0.25) is 0 Å². The maximum atomic E-state index is 10.1. The summed E-state index contributed by atoms with van der Waals surface area (Å²) in [5.74, 6) is 0. The van der Waals surface area contributed by atoms with Gasteiger partial charge in [0.25, 0.3) is 0 Å². The quantitative estimate of drug-likeness (QED) is 0.477. The molecule has 0 saturated heterocycles. The van der Waals surface area contributed by atoms with E-state index in [0.29, 0.717) is 5.70 Å². The first-order chi connectivity index (χ1) is 3.55. The number of rotatable bonds is 1. The van der Waals surface area contributed by atoms with Crippen LogP contribution in [0.5, 0.6) is 0 Å². The van der Waals surface area contributed by atoms with Gasteiger partial charge < -0.3 is 5.21 Å². The van der Waals surface area contributed by atoms with Crippen molar-refractivity contribution < 1.29 is 10.4 Å². The van der Waals surface area contributed by atoms with Gasteiger partial charge in [0.15, 0.2) is 0 Å². The van der Waals surface area contributed by atoms with Crippen molar-refractivity contribution >= 4 is 0 Å². The van der Waals surface area contributed by atoms with Crippen LogP contribution in [0.15, 0.2) is 11.3 Å². The second-order valence-electron chi connectivity index (χ2n) is 1.93. The molecule has 8 heavy (non-hydrogen) atoms. The molecule has 1 unspecified atom stereocenters. The van der Waals surface area contributed by atoms with Gasteiger partial charge in [0.05, 0.1) is 0 Å². The molecule has 0 amide bonds. The molecule has 0 aliphatic heterocycles. The summed E-state index contributed by atoms with van der Waals surface area (Å²) in [4.78, 5) is 0. The normalized spacial score (nSPS) is 13.1. The molecule has 3 heteroatoms. The maximum absolute atomic E-state index is 10.1. The fourth-order valence-electron chi connectivity index (χ4n) is 0.214. The van der Waals surface area contributed by atoms with Gasteiger partial charge in [0, 0.05) is 6.92 Å². The molecule has 0 saturated carbocycles. The topological polar surface area (TPSA) is 47.7 Å². The summed E-state index contributed by atoms with van der Waals surface area (Å²) in [6, 6.07) is 0. The highest BCUT2D eigenvalue weighted by atomic mass is 16.8. The van der Waals surface area contributed by atoms with Crippen LogP contribution >= 0.6 is 0 Å². The zero-order valence-corrected chi connectivity index (χ0v) is 5.36. The van der Waals surface area contributed by atoms with E-state index in [1.54, 1.807) is 20.8 Å². The molecule has 2 N–H and O–H groups in total. The Morgan fingerprint density at radius 2 is 1.75 bits per heavy atom. The van der Waals surface area contributed by atoms with Crippen molar-refractivity contribution in [2.45, 2.75) is 20.8 Å². The van der Waals surface area contributed by atoms with E-state index in [-0.39, 0.29) is 0 Å². The highest BCUT2D eigenvalue weighted by molar-refractivity contribution is 4.96. The van der Waals surface area contributed by atoms with E-state index in [1.165, 1.54) is 0 Å². The van der Waals surface area contributed by atoms with Crippen LogP contribution in [-0.2, 0) is 0 Å². The monoisotopic (exact) mass is 117 g/mol. The molecule has 0 spiro atoms. The van der Waals surface area contributed by atoms with Crippen molar-refractivity contribution in [3.05, 3.63) is 16.5 Å². The Morgan fingerprint density at radius 3 is 1.75 bits per heavy atom. The smallest absolute Gasteiger partial charge is 0.135 e. The van der Waals surface area contributed by atoms with Crippen LogP contribution in [-0.4, -0.2) is 5.21 Å². The van der Waals surface area contributed by atoms with Crippen LogP contribution < -0.4 is 5.23 Å². The van der Waals surface area contributed by atoms with E-state index in [4.69, 9.17) is 5.21 Å². The summed E-state index contributed by atoms with van der Waals surface area (Å²) in [5, 5.41) is 17.5. The van der Waals surface area contributed by atoms with Gasteiger partial charge in [-0.3, -0.25) is 0 Å².